The van der Waals surface area contributed by atoms with Crippen molar-refractivity contribution in [3.8, 4) is 0 Å². The second kappa shape index (κ2) is 8.62. The van der Waals surface area contributed by atoms with Gasteiger partial charge in [0.25, 0.3) is 0 Å². The topological polar surface area (TPSA) is 113 Å². The lowest BCUT2D eigenvalue weighted by Gasteiger charge is -2.57. The lowest BCUT2D eigenvalue weighted by Crippen LogP contribution is -2.50. The molecule has 4 N–H and O–H groups in total. The summed E-state index contributed by atoms with van der Waals surface area (Å²) in [5, 5.41) is 16.5. The van der Waals surface area contributed by atoms with Gasteiger partial charge in [-0.25, -0.2) is 4.98 Å². The first-order valence-corrected chi connectivity index (χ1v) is 11.9. The molecule has 6 nitrogen and oxygen atoms in total. The molecule has 3 fully saturated rings. The fourth-order valence-corrected chi connectivity index (χ4v) is 7.03. The number of allylic oxidation sites excluding steroid dienone is 2. The van der Waals surface area contributed by atoms with Crippen LogP contribution in [0.5, 0.6) is 0 Å². The van der Waals surface area contributed by atoms with E-state index in [-0.39, 0.29) is 12.0 Å². The van der Waals surface area contributed by atoms with Gasteiger partial charge in [-0.3, -0.25) is 4.79 Å². The Labute approximate surface area is 185 Å². The summed E-state index contributed by atoms with van der Waals surface area (Å²) in [4.78, 5) is 16.2. The van der Waals surface area contributed by atoms with Crippen LogP contribution in [0.4, 0.5) is 0 Å². The molecule has 3 saturated carbocycles. The van der Waals surface area contributed by atoms with E-state index in [4.69, 9.17) is 20.7 Å². The molecule has 0 aliphatic heterocycles. The van der Waals surface area contributed by atoms with E-state index in [2.05, 4.69) is 24.9 Å². The number of nitrogens with zero attached hydrogens (tertiary/aromatic N) is 1. The maximum atomic E-state index is 12.4. The van der Waals surface area contributed by atoms with Crippen molar-refractivity contribution in [1.82, 2.24) is 4.98 Å². The SMILES string of the molecule is C[C@]12CCC(=N)C=C1CCC1C2CC[C@]2(C)C(=O)CCC12.NCc1ncc(CCO)o1. The van der Waals surface area contributed by atoms with E-state index < -0.39 is 0 Å². The van der Waals surface area contributed by atoms with Crippen LogP contribution in [0.15, 0.2) is 22.3 Å². The van der Waals surface area contributed by atoms with E-state index in [0.717, 1.165) is 49.7 Å². The highest BCUT2D eigenvalue weighted by Crippen LogP contribution is 2.64. The van der Waals surface area contributed by atoms with Crippen molar-refractivity contribution >= 4 is 11.5 Å². The lowest BCUT2D eigenvalue weighted by molar-refractivity contribution is -0.132. The van der Waals surface area contributed by atoms with E-state index in [9.17, 15) is 4.79 Å². The minimum absolute atomic E-state index is 0.000118. The Morgan fingerprint density at radius 3 is 2.65 bits per heavy atom. The third kappa shape index (κ3) is 3.93. The third-order valence-electron chi connectivity index (χ3n) is 8.84. The van der Waals surface area contributed by atoms with E-state index in [1.807, 2.05) is 0 Å². The average Bonchev–Trinajstić information content (AvgIpc) is 3.33. The number of nitrogens with two attached hydrogens (primary N) is 1. The Bertz CT molecular complexity index is 875. The Morgan fingerprint density at radius 1 is 1.16 bits per heavy atom. The fourth-order valence-electron chi connectivity index (χ4n) is 7.03. The summed E-state index contributed by atoms with van der Waals surface area (Å²) in [5.41, 5.74) is 7.94. The van der Waals surface area contributed by atoms with Crippen LogP contribution in [0.2, 0.25) is 0 Å². The largest absolute Gasteiger partial charge is 0.444 e. The highest BCUT2D eigenvalue weighted by molar-refractivity contribution is 5.94. The summed E-state index contributed by atoms with van der Waals surface area (Å²) in [7, 11) is 0. The third-order valence-corrected chi connectivity index (χ3v) is 8.84. The zero-order valence-corrected chi connectivity index (χ0v) is 19.0. The van der Waals surface area contributed by atoms with Gasteiger partial charge in [-0.15, -0.1) is 0 Å². The number of oxazole rings is 1. The summed E-state index contributed by atoms with van der Waals surface area (Å²) in [6, 6.07) is 0. The number of nitrogens with one attached hydrogen (secondary N) is 1. The highest BCUT2D eigenvalue weighted by Gasteiger charge is 2.58. The maximum Gasteiger partial charge on any atom is 0.208 e. The van der Waals surface area contributed by atoms with Crippen LogP contribution in [0.1, 0.15) is 76.9 Å². The molecule has 0 amide bonds. The molecule has 1 heterocycles. The molecular weight excluding hydrogens is 390 g/mol. The molecule has 4 aliphatic rings. The molecule has 0 spiro atoms. The number of carbonyl (C=O) groups is 1. The zero-order chi connectivity index (χ0) is 22.2. The first-order valence-electron chi connectivity index (χ1n) is 11.9. The number of Topliss-reactive ketones (excluding diaryl/α,β-unsaturated/α-hetero) is 1. The number of fused-ring (bicyclic) bond motifs is 5. The number of rotatable bonds is 3. The molecule has 31 heavy (non-hydrogen) atoms. The maximum absolute atomic E-state index is 12.4. The number of hydrogen-bond acceptors (Lipinski definition) is 6. The summed E-state index contributed by atoms with van der Waals surface area (Å²) >= 11 is 0. The minimum Gasteiger partial charge on any atom is -0.444 e. The van der Waals surface area contributed by atoms with Crippen LogP contribution in [0.3, 0.4) is 0 Å². The minimum atomic E-state index is 0.000118. The smallest absolute Gasteiger partial charge is 0.208 e. The Kier molecular flexibility index (Phi) is 6.23. The van der Waals surface area contributed by atoms with Crippen LogP contribution in [0, 0.1) is 34.0 Å². The van der Waals surface area contributed by atoms with Gasteiger partial charge in [-0.1, -0.05) is 19.4 Å². The highest BCUT2D eigenvalue weighted by atomic mass is 16.4. The molecule has 3 unspecified atom stereocenters. The van der Waals surface area contributed by atoms with Crippen LogP contribution >= 0.6 is 0 Å². The van der Waals surface area contributed by atoms with E-state index in [0.29, 0.717) is 41.7 Å². The second-order valence-corrected chi connectivity index (χ2v) is 10.3. The molecule has 5 atom stereocenters. The summed E-state index contributed by atoms with van der Waals surface area (Å²) in [6.45, 7) is 5.11. The van der Waals surface area contributed by atoms with Crippen LogP contribution in [0.25, 0.3) is 0 Å². The Hall–Kier alpha value is -1.79. The van der Waals surface area contributed by atoms with Gasteiger partial charge in [0, 0.05) is 24.0 Å². The van der Waals surface area contributed by atoms with Crippen molar-refractivity contribution in [2.45, 2.75) is 78.2 Å². The van der Waals surface area contributed by atoms with Gasteiger partial charge in [0.15, 0.2) is 0 Å². The molecule has 0 saturated heterocycles. The average molecular weight is 428 g/mol. The van der Waals surface area contributed by atoms with Crippen LogP contribution < -0.4 is 5.73 Å². The van der Waals surface area contributed by atoms with Gasteiger partial charge in [-0.2, -0.15) is 0 Å². The van der Waals surface area contributed by atoms with Crippen molar-refractivity contribution in [2.24, 2.45) is 34.3 Å². The number of aliphatic hydroxyl groups excluding tert-OH is 1. The summed E-state index contributed by atoms with van der Waals surface area (Å²) in [6.07, 6.45) is 13.1. The summed E-state index contributed by atoms with van der Waals surface area (Å²) in [5.74, 6) is 3.90. The van der Waals surface area contributed by atoms with Gasteiger partial charge < -0.3 is 20.7 Å². The van der Waals surface area contributed by atoms with Gasteiger partial charge in [0.05, 0.1) is 19.3 Å². The molecule has 1 aromatic rings. The zero-order valence-electron chi connectivity index (χ0n) is 19.0. The van der Waals surface area contributed by atoms with E-state index in [1.165, 1.54) is 19.3 Å². The Morgan fingerprint density at radius 2 is 1.94 bits per heavy atom. The number of aliphatic hydroxyl groups is 1. The second-order valence-electron chi connectivity index (χ2n) is 10.3. The Balaban J connectivity index is 0.000000196. The van der Waals surface area contributed by atoms with Crippen molar-refractivity contribution < 1.29 is 14.3 Å². The van der Waals surface area contributed by atoms with Crippen molar-refractivity contribution in [3.63, 3.8) is 0 Å². The molecule has 170 valence electrons. The fraction of sp³-hybridized carbons (Fsp3) is 0.720. The van der Waals surface area contributed by atoms with Crippen LogP contribution in [-0.2, 0) is 17.8 Å². The molecule has 6 heteroatoms. The standard InChI is InChI=1S/C19H27NO.C6H10N2O2/c1-18-9-7-13(20)11-12(18)3-4-14-15-5-6-17(21)19(15,2)10-8-16(14)18;7-3-6-8-4-5(10-6)1-2-9/h11,14-16,20H,3-10H2,1-2H3;4,9H,1-3,7H2/t14?,15?,16?,18-,19-;/m0./s1. The normalized spacial score (nSPS) is 36.6. The van der Waals surface area contributed by atoms with Gasteiger partial charge in [-0.05, 0) is 74.2 Å². The van der Waals surface area contributed by atoms with Gasteiger partial charge in [0.2, 0.25) is 5.89 Å². The van der Waals surface area contributed by atoms with Crippen molar-refractivity contribution in [2.75, 3.05) is 6.61 Å². The molecule has 1 aromatic heterocycles. The number of aromatic nitrogens is 1. The van der Waals surface area contributed by atoms with Gasteiger partial charge in [0.1, 0.15) is 11.5 Å². The lowest BCUT2D eigenvalue weighted by atomic mass is 9.47. The number of carbonyl (C=O) groups excluding carboxylic acids is 1. The number of hydrogen-bond donors (Lipinski definition) is 3. The summed E-state index contributed by atoms with van der Waals surface area (Å²) < 4.78 is 5.08. The van der Waals surface area contributed by atoms with E-state index in [1.54, 1.807) is 11.8 Å². The molecule has 0 bridgehead atoms. The number of ketones is 1. The molecule has 5 rings (SSSR count). The van der Waals surface area contributed by atoms with Crippen LogP contribution in [-0.4, -0.2) is 28.2 Å². The monoisotopic (exact) mass is 427 g/mol. The molecule has 0 aromatic carbocycles. The first-order chi connectivity index (χ1) is 14.8. The first kappa shape index (κ1) is 22.4. The van der Waals surface area contributed by atoms with Gasteiger partial charge >= 0.3 is 0 Å². The molecule has 0 radical (unpaired) electrons. The van der Waals surface area contributed by atoms with Crippen molar-refractivity contribution in [1.29, 1.82) is 5.41 Å². The predicted molar refractivity (Wildman–Crippen MR) is 120 cm³/mol. The predicted octanol–water partition coefficient (Wildman–Crippen LogP) is 4.21. The molecule has 4 aliphatic carbocycles. The quantitative estimate of drug-likeness (QED) is 0.669. The molecular formula is C25H37N3O3. The van der Waals surface area contributed by atoms with E-state index >= 15 is 0 Å². The van der Waals surface area contributed by atoms with Crippen molar-refractivity contribution in [3.05, 3.63) is 29.5 Å².